The fourth-order valence-electron chi connectivity index (χ4n) is 4.29. The Balaban J connectivity index is 1.25. The Morgan fingerprint density at radius 1 is 1.00 bits per heavy atom. The molecule has 192 valence electrons. The van der Waals surface area contributed by atoms with Crippen LogP contribution in [0.15, 0.2) is 48.5 Å². The van der Waals surface area contributed by atoms with Crippen LogP contribution in [0.3, 0.4) is 0 Å². The summed E-state index contributed by atoms with van der Waals surface area (Å²) in [7, 11) is 1.36. The highest BCUT2D eigenvalue weighted by Gasteiger charge is 2.41. The summed E-state index contributed by atoms with van der Waals surface area (Å²) in [5.41, 5.74) is 3.41. The van der Waals surface area contributed by atoms with Gasteiger partial charge < -0.3 is 20.9 Å². The molecule has 0 bridgehead atoms. The highest BCUT2D eigenvalue weighted by Crippen LogP contribution is 2.35. The number of alkyl halides is 3. The summed E-state index contributed by atoms with van der Waals surface area (Å²) < 4.78 is 38.6. The molecule has 2 aromatic carbocycles. The molecule has 2 aromatic rings. The first-order valence-corrected chi connectivity index (χ1v) is 11.7. The molecule has 0 saturated carbocycles. The molecule has 36 heavy (non-hydrogen) atoms. The molecule has 0 aromatic heterocycles. The van der Waals surface area contributed by atoms with Crippen LogP contribution in [0.2, 0.25) is 0 Å². The van der Waals surface area contributed by atoms with Gasteiger partial charge in [-0.3, -0.25) is 14.5 Å². The number of imide groups is 1. The average molecular weight is 504 g/mol. The van der Waals surface area contributed by atoms with Gasteiger partial charge in [-0.05, 0) is 54.8 Å². The summed E-state index contributed by atoms with van der Waals surface area (Å²) in [4.78, 5) is 38.7. The number of hydrogen-bond donors (Lipinski definition) is 3. The molecule has 4 rings (SSSR count). The number of carbonyl (C=O) groups is 3. The fourth-order valence-corrected chi connectivity index (χ4v) is 4.29. The summed E-state index contributed by atoms with van der Waals surface area (Å²) >= 11 is 0. The van der Waals surface area contributed by atoms with E-state index in [0.717, 1.165) is 27.5 Å². The fraction of sp³-hybridized carbons (Fsp3) is 0.400. The van der Waals surface area contributed by atoms with Gasteiger partial charge in [0.25, 0.3) is 0 Å². The molecule has 2 heterocycles. The molecule has 8 nitrogen and oxygen atoms in total. The first kappa shape index (κ1) is 25.3. The van der Waals surface area contributed by atoms with Crippen LogP contribution < -0.4 is 20.9 Å². The van der Waals surface area contributed by atoms with Crippen molar-refractivity contribution in [3.05, 3.63) is 54.1 Å². The Kier molecular flexibility index (Phi) is 7.37. The number of anilines is 3. The number of piperidine rings is 1. The normalized spacial score (nSPS) is 19.2. The molecular formula is C25H28F3N5O3. The molecule has 3 N–H and O–H groups in total. The van der Waals surface area contributed by atoms with Crippen LogP contribution in [-0.2, 0) is 16.1 Å². The number of nitrogens with zero attached hydrogens (tertiary/aromatic N) is 2. The van der Waals surface area contributed by atoms with Gasteiger partial charge in [-0.15, -0.1) is 0 Å². The van der Waals surface area contributed by atoms with E-state index in [1.165, 1.54) is 7.05 Å². The summed E-state index contributed by atoms with van der Waals surface area (Å²) in [5.74, 6) is -2.05. The van der Waals surface area contributed by atoms with Crippen LogP contribution in [0.25, 0.3) is 0 Å². The summed E-state index contributed by atoms with van der Waals surface area (Å²) in [5, 5.41) is 8.50. The minimum absolute atomic E-state index is 0.0818. The van der Waals surface area contributed by atoms with Crippen LogP contribution >= 0.6 is 0 Å². The van der Waals surface area contributed by atoms with Crippen LogP contribution in [-0.4, -0.2) is 55.1 Å². The maximum Gasteiger partial charge on any atom is 0.391 e. The van der Waals surface area contributed by atoms with Gasteiger partial charge in [-0.2, -0.15) is 13.2 Å². The number of benzene rings is 2. The summed E-state index contributed by atoms with van der Waals surface area (Å²) in [6.07, 6.45) is -3.98. The molecule has 0 aliphatic carbocycles. The van der Waals surface area contributed by atoms with Crippen molar-refractivity contribution >= 4 is 34.9 Å². The van der Waals surface area contributed by atoms with E-state index in [0.29, 0.717) is 13.1 Å². The quantitative estimate of drug-likeness (QED) is 0.558. The lowest BCUT2D eigenvalue weighted by molar-refractivity contribution is -0.179. The average Bonchev–Trinajstić information content (AvgIpc) is 2.86. The van der Waals surface area contributed by atoms with E-state index in [4.69, 9.17) is 0 Å². The van der Waals surface area contributed by atoms with Crippen molar-refractivity contribution in [1.82, 2.24) is 15.5 Å². The predicted octanol–water partition coefficient (Wildman–Crippen LogP) is 3.77. The van der Waals surface area contributed by atoms with Crippen molar-refractivity contribution in [2.45, 2.75) is 38.0 Å². The number of halogens is 3. The predicted molar refractivity (Wildman–Crippen MR) is 129 cm³/mol. The molecule has 4 amide bonds. The first-order valence-electron chi connectivity index (χ1n) is 11.7. The van der Waals surface area contributed by atoms with E-state index in [2.05, 4.69) is 16.0 Å². The van der Waals surface area contributed by atoms with Gasteiger partial charge in [0.1, 0.15) is 6.04 Å². The number of nitrogens with one attached hydrogen (secondary N) is 3. The second-order valence-corrected chi connectivity index (χ2v) is 9.05. The lowest BCUT2D eigenvalue weighted by Gasteiger charge is -2.34. The lowest BCUT2D eigenvalue weighted by Crippen LogP contribution is -2.57. The standard InChI is InChI=1S/C25H28F3N5O3/c1-32-22(34)14-21(31-24(32)36)23(35)29-15-16-2-4-18(5-3-16)30-19-6-8-20(9-7-19)33-12-10-17(11-13-33)25(26,27)28/h2-9,17,21,30H,10-15H2,1H3,(H,29,35)(H,31,36)/t21-/m0/s1. The lowest BCUT2D eigenvalue weighted by atomic mass is 9.96. The number of hydrogen-bond acceptors (Lipinski definition) is 5. The van der Waals surface area contributed by atoms with E-state index in [9.17, 15) is 27.6 Å². The van der Waals surface area contributed by atoms with Gasteiger partial charge in [0.2, 0.25) is 11.8 Å². The van der Waals surface area contributed by atoms with E-state index in [1.54, 1.807) is 0 Å². The third-order valence-electron chi connectivity index (χ3n) is 6.57. The number of carbonyl (C=O) groups excluding carboxylic acids is 3. The molecule has 0 spiro atoms. The van der Waals surface area contributed by atoms with E-state index in [-0.39, 0.29) is 25.8 Å². The topological polar surface area (TPSA) is 93.8 Å². The van der Waals surface area contributed by atoms with Gasteiger partial charge in [0.05, 0.1) is 12.3 Å². The zero-order valence-corrected chi connectivity index (χ0v) is 19.8. The highest BCUT2D eigenvalue weighted by molar-refractivity contribution is 6.02. The Labute approximate surface area is 206 Å². The van der Waals surface area contributed by atoms with Crippen LogP contribution in [0.5, 0.6) is 0 Å². The molecule has 1 atom stereocenters. The minimum atomic E-state index is -4.12. The van der Waals surface area contributed by atoms with Crippen molar-refractivity contribution in [3.8, 4) is 0 Å². The smallest absolute Gasteiger partial charge is 0.372 e. The third kappa shape index (κ3) is 6.07. The maximum absolute atomic E-state index is 12.9. The van der Waals surface area contributed by atoms with Gasteiger partial charge in [-0.25, -0.2) is 4.79 Å². The highest BCUT2D eigenvalue weighted by atomic mass is 19.4. The van der Waals surface area contributed by atoms with E-state index in [1.807, 2.05) is 53.4 Å². The second kappa shape index (κ2) is 10.5. The number of rotatable bonds is 6. The summed E-state index contributed by atoms with van der Waals surface area (Å²) in [6, 6.07) is 13.5. The monoisotopic (exact) mass is 503 g/mol. The molecule has 2 fully saturated rings. The van der Waals surface area contributed by atoms with Crippen molar-refractivity contribution in [2.24, 2.45) is 5.92 Å². The molecule has 0 radical (unpaired) electrons. The first-order chi connectivity index (χ1) is 17.1. The molecule has 2 aliphatic rings. The zero-order valence-electron chi connectivity index (χ0n) is 19.8. The van der Waals surface area contributed by atoms with E-state index >= 15 is 0 Å². The molecule has 2 aliphatic heterocycles. The van der Waals surface area contributed by atoms with Gasteiger partial charge in [0.15, 0.2) is 0 Å². The van der Waals surface area contributed by atoms with Gasteiger partial charge in [-0.1, -0.05) is 12.1 Å². The zero-order chi connectivity index (χ0) is 25.9. The van der Waals surface area contributed by atoms with Crippen molar-refractivity contribution in [2.75, 3.05) is 30.4 Å². The number of amides is 4. The number of urea groups is 1. The van der Waals surface area contributed by atoms with E-state index < -0.39 is 36.0 Å². The van der Waals surface area contributed by atoms with Crippen LogP contribution in [0.1, 0.15) is 24.8 Å². The molecule has 0 unspecified atom stereocenters. The Hall–Kier alpha value is -3.76. The van der Waals surface area contributed by atoms with Crippen molar-refractivity contribution in [3.63, 3.8) is 0 Å². The van der Waals surface area contributed by atoms with Gasteiger partial charge in [0, 0.05) is 43.7 Å². The van der Waals surface area contributed by atoms with Crippen LogP contribution in [0, 0.1) is 5.92 Å². The molecule has 2 saturated heterocycles. The largest absolute Gasteiger partial charge is 0.391 e. The Bertz CT molecular complexity index is 1080. The minimum Gasteiger partial charge on any atom is -0.372 e. The summed E-state index contributed by atoms with van der Waals surface area (Å²) in [6.45, 7) is 1.01. The van der Waals surface area contributed by atoms with Crippen LogP contribution in [0.4, 0.5) is 35.0 Å². The molecule has 11 heteroatoms. The third-order valence-corrected chi connectivity index (χ3v) is 6.57. The molecular weight excluding hydrogens is 475 g/mol. The van der Waals surface area contributed by atoms with Crippen molar-refractivity contribution in [1.29, 1.82) is 0 Å². The maximum atomic E-state index is 12.9. The SMILES string of the molecule is CN1C(=O)C[C@@H](C(=O)NCc2ccc(Nc3ccc(N4CCC(C(F)(F)F)CC4)cc3)cc2)NC1=O. The Morgan fingerprint density at radius 3 is 2.14 bits per heavy atom. The second-order valence-electron chi connectivity index (χ2n) is 9.05. The van der Waals surface area contributed by atoms with Gasteiger partial charge >= 0.3 is 12.2 Å². The Morgan fingerprint density at radius 2 is 1.58 bits per heavy atom. The van der Waals surface area contributed by atoms with Crippen molar-refractivity contribution < 1.29 is 27.6 Å².